The smallest absolute Gasteiger partial charge is 0.258 e. The van der Waals surface area contributed by atoms with Crippen molar-refractivity contribution in [1.29, 1.82) is 0 Å². The van der Waals surface area contributed by atoms with Gasteiger partial charge in [-0.3, -0.25) is 9.59 Å². The zero-order valence-electron chi connectivity index (χ0n) is 10.1. The number of nitrogens with one attached hydrogen (secondary N) is 1. The molecule has 4 nitrogen and oxygen atoms in total. The lowest BCUT2D eigenvalue weighted by atomic mass is 10.2. The molecule has 1 atom stereocenters. The van der Waals surface area contributed by atoms with E-state index in [0.717, 1.165) is 12.7 Å². The zero-order chi connectivity index (χ0) is 12.7. The first-order valence-electron chi connectivity index (χ1n) is 5.63. The number of carbonyl (C=O) groups is 2. The molecule has 0 aliphatic rings. The van der Waals surface area contributed by atoms with Gasteiger partial charge in [0.2, 0.25) is 0 Å². The Morgan fingerprint density at radius 1 is 1.41 bits per heavy atom. The van der Waals surface area contributed by atoms with E-state index in [2.05, 4.69) is 5.32 Å². The molecule has 0 bridgehead atoms. The fraction of sp³-hybridized carbons (Fsp3) is 0.385. The summed E-state index contributed by atoms with van der Waals surface area (Å²) in [6, 6.07) is 6.79. The van der Waals surface area contributed by atoms with E-state index >= 15 is 0 Å². The molecule has 92 valence electrons. The molecule has 0 saturated heterocycles. The van der Waals surface area contributed by atoms with E-state index in [1.807, 2.05) is 13.8 Å². The van der Waals surface area contributed by atoms with Crippen LogP contribution in [0.15, 0.2) is 24.3 Å². The van der Waals surface area contributed by atoms with E-state index in [0.29, 0.717) is 11.3 Å². The Morgan fingerprint density at radius 2 is 2.06 bits per heavy atom. The Labute approximate surface area is 101 Å². The van der Waals surface area contributed by atoms with Crippen LogP contribution in [0.25, 0.3) is 0 Å². The van der Waals surface area contributed by atoms with Crippen molar-refractivity contribution in [2.24, 2.45) is 0 Å². The van der Waals surface area contributed by atoms with Gasteiger partial charge in [0.15, 0.2) is 6.61 Å². The van der Waals surface area contributed by atoms with Crippen LogP contribution >= 0.6 is 0 Å². The molecule has 1 aromatic carbocycles. The normalized spacial score (nSPS) is 11.6. The largest absolute Gasteiger partial charge is 0.484 e. The quantitative estimate of drug-likeness (QED) is 0.765. The maximum atomic E-state index is 11.4. The van der Waals surface area contributed by atoms with Crippen LogP contribution in [0.5, 0.6) is 5.75 Å². The zero-order valence-corrected chi connectivity index (χ0v) is 10.1. The first-order chi connectivity index (χ1) is 8.15. The second-order valence-corrected chi connectivity index (χ2v) is 3.85. The Hall–Kier alpha value is -1.84. The highest BCUT2D eigenvalue weighted by atomic mass is 16.5. The average molecular weight is 235 g/mol. The SMILES string of the molecule is CC[C@@H](C)NC(=O)COc1ccc(C=O)cc1. The molecule has 0 unspecified atom stereocenters. The third-order valence-electron chi connectivity index (χ3n) is 2.41. The van der Waals surface area contributed by atoms with Gasteiger partial charge in [-0.05, 0) is 37.6 Å². The van der Waals surface area contributed by atoms with Gasteiger partial charge in [-0.1, -0.05) is 6.92 Å². The van der Waals surface area contributed by atoms with Gasteiger partial charge < -0.3 is 10.1 Å². The monoisotopic (exact) mass is 235 g/mol. The minimum atomic E-state index is -0.140. The van der Waals surface area contributed by atoms with Crippen molar-refractivity contribution in [3.05, 3.63) is 29.8 Å². The number of hydrogen-bond donors (Lipinski definition) is 1. The van der Waals surface area contributed by atoms with E-state index in [9.17, 15) is 9.59 Å². The van der Waals surface area contributed by atoms with Gasteiger partial charge in [-0.2, -0.15) is 0 Å². The average Bonchev–Trinajstić information content (AvgIpc) is 2.36. The molecule has 1 rings (SSSR count). The molecule has 1 amide bonds. The molecule has 0 saturated carbocycles. The lowest BCUT2D eigenvalue weighted by molar-refractivity contribution is -0.123. The highest BCUT2D eigenvalue weighted by Gasteiger charge is 2.05. The number of rotatable bonds is 6. The van der Waals surface area contributed by atoms with E-state index in [1.54, 1.807) is 24.3 Å². The van der Waals surface area contributed by atoms with Crippen LogP contribution in [0, 0.1) is 0 Å². The van der Waals surface area contributed by atoms with E-state index in [1.165, 1.54) is 0 Å². The third kappa shape index (κ3) is 4.68. The number of aldehydes is 1. The number of carbonyl (C=O) groups excluding carboxylic acids is 2. The van der Waals surface area contributed by atoms with Gasteiger partial charge in [-0.25, -0.2) is 0 Å². The molecule has 0 radical (unpaired) electrons. The molecule has 0 aliphatic carbocycles. The number of benzene rings is 1. The lowest BCUT2D eigenvalue weighted by Crippen LogP contribution is -2.35. The van der Waals surface area contributed by atoms with E-state index in [-0.39, 0.29) is 18.6 Å². The summed E-state index contributed by atoms with van der Waals surface area (Å²) >= 11 is 0. The predicted molar refractivity (Wildman–Crippen MR) is 65.2 cm³/mol. The third-order valence-corrected chi connectivity index (χ3v) is 2.41. The summed E-state index contributed by atoms with van der Waals surface area (Å²) in [6.45, 7) is 3.94. The summed E-state index contributed by atoms with van der Waals surface area (Å²) in [7, 11) is 0. The standard InChI is InChI=1S/C13H17NO3/c1-3-10(2)14-13(16)9-17-12-6-4-11(8-15)5-7-12/h4-8,10H,3,9H2,1-2H3,(H,14,16)/t10-/m1/s1. The second-order valence-electron chi connectivity index (χ2n) is 3.85. The van der Waals surface area contributed by atoms with Crippen molar-refractivity contribution in [2.75, 3.05) is 6.61 Å². The van der Waals surface area contributed by atoms with E-state index in [4.69, 9.17) is 4.74 Å². The lowest BCUT2D eigenvalue weighted by Gasteiger charge is -2.11. The van der Waals surface area contributed by atoms with Crippen LogP contribution in [0.4, 0.5) is 0 Å². The topological polar surface area (TPSA) is 55.4 Å². The summed E-state index contributed by atoms with van der Waals surface area (Å²) in [6.07, 6.45) is 1.65. The molecular formula is C13H17NO3. The van der Waals surface area contributed by atoms with Gasteiger partial charge in [0.25, 0.3) is 5.91 Å². The van der Waals surface area contributed by atoms with Gasteiger partial charge in [0.1, 0.15) is 12.0 Å². The molecule has 0 aromatic heterocycles. The fourth-order valence-corrected chi connectivity index (χ4v) is 1.21. The highest BCUT2D eigenvalue weighted by molar-refractivity contribution is 5.78. The van der Waals surface area contributed by atoms with Crippen LogP contribution in [0.1, 0.15) is 30.6 Å². The molecule has 0 heterocycles. The predicted octanol–water partition coefficient (Wildman–Crippen LogP) is 1.79. The van der Waals surface area contributed by atoms with Crippen molar-refractivity contribution in [2.45, 2.75) is 26.3 Å². The first kappa shape index (κ1) is 13.2. The minimum absolute atomic E-state index is 0.00915. The Bertz CT molecular complexity index is 373. The Balaban J connectivity index is 2.39. The molecule has 1 aromatic rings. The van der Waals surface area contributed by atoms with Gasteiger partial charge in [-0.15, -0.1) is 0 Å². The molecule has 1 N–H and O–H groups in total. The van der Waals surface area contributed by atoms with E-state index < -0.39 is 0 Å². The Morgan fingerprint density at radius 3 is 2.59 bits per heavy atom. The van der Waals surface area contributed by atoms with Gasteiger partial charge in [0.05, 0.1) is 0 Å². The second kappa shape index (κ2) is 6.68. The molecule has 0 fully saturated rings. The number of ether oxygens (including phenoxy) is 1. The number of amides is 1. The minimum Gasteiger partial charge on any atom is -0.484 e. The van der Waals surface area contributed by atoms with Crippen molar-refractivity contribution in [1.82, 2.24) is 5.32 Å². The first-order valence-corrected chi connectivity index (χ1v) is 5.63. The van der Waals surface area contributed by atoms with Crippen LogP contribution in [0.2, 0.25) is 0 Å². The van der Waals surface area contributed by atoms with Crippen molar-refractivity contribution < 1.29 is 14.3 Å². The van der Waals surface area contributed by atoms with Crippen LogP contribution < -0.4 is 10.1 Å². The molecule has 17 heavy (non-hydrogen) atoms. The van der Waals surface area contributed by atoms with Crippen LogP contribution in [-0.4, -0.2) is 24.8 Å². The molecule has 0 spiro atoms. The van der Waals surface area contributed by atoms with Gasteiger partial charge in [0, 0.05) is 11.6 Å². The Kier molecular flexibility index (Phi) is 5.20. The highest BCUT2D eigenvalue weighted by Crippen LogP contribution is 2.10. The van der Waals surface area contributed by atoms with Crippen LogP contribution in [-0.2, 0) is 4.79 Å². The van der Waals surface area contributed by atoms with Crippen molar-refractivity contribution >= 4 is 12.2 Å². The summed E-state index contributed by atoms with van der Waals surface area (Å²) < 4.78 is 5.28. The summed E-state index contributed by atoms with van der Waals surface area (Å²) in [5, 5.41) is 2.80. The molecule has 4 heteroatoms. The van der Waals surface area contributed by atoms with Crippen LogP contribution in [0.3, 0.4) is 0 Å². The molecule has 0 aliphatic heterocycles. The van der Waals surface area contributed by atoms with Crippen molar-refractivity contribution in [3.8, 4) is 5.75 Å². The summed E-state index contributed by atoms with van der Waals surface area (Å²) in [4.78, 5) is 21.8. The van der Waals surface area contributed by atoms with Gasteiger partial charge >= 0.3 is 0 Å². The molecular weight excluding hydrogens is 218 g/mol. The number of hydrogen-bond acceptors (Lipinski definition) is 3. The maximum absolute atomic E-state index is 11.4. The fourth-order valence-electron chi connectivity index (χ4n) is 1.21. The van der Waals surface area contributed by atoms with Crippen molar-refractivity contribution in [3.63, 3.8) is 0 Å². The summed E-state index contributed by atoms with van der Waals surface area (Å²) in [5.41, 5.74) is 0.585. The summed E-state index contributed by atoms with van der Waals surface area (Å²) in [5.74, 6) is 0.439. The maximum Gasteiger partial charge on any atom is 0.258 e.